The average Bonchev–Trinajstić information content (AvgIpc) is 2.60. The Morgan fingerprint density at radius 3 is 3.18 bits per heavy atom. The van der Waals surface area contributed by atoms with Gasteiger partial charge >= 0.3 is 12.2 Å². The van der Waals surface area contributed by atoms with Crippen LogP contribution in [0, 0.1) is 0 Å². The number of hydrogen-bond acceptors (Lipinski definition) is 4. The van der Waals surface area contributed by atoms with Crippen LogP contribution in [0.2, 0.25) is 0 Å². The third kappa shape index (κ3) is 2.20. The van der Waals surface area contributed by atoms with Gasteiger partial charge in [0.1, 0.15) is 12.1 Å². The maximum absolute atomic E-state index is 11.6. The molecule has 1 fully saturated rings. The highest BCUT2D eigenvalue weighted by Crippen LogP contribution is 2.32. The van der Waals surface area contributed by atoms with E-state index in [1.165, 1.54) is 5.01 Å². The molecule has 1 aliphatic carbocycles. The lowest BCUT2D eigenvalue weighted by Gasteiger charge is -2.34. The monoisotopic (exact) mass is 240 g/mol. The number of amides is 2. The minimum Gasteiger partial charge on any atom is -0.449 e. The lowest BCUT2D eigenvalue weighted by Crippen LogP contribution is -2.55. The first-order chi connectivity index (χ1) is 8.18. The molecule has 2 amide bonds. The molecule has 1 spiro atoms. The number of hydrazine groups is 1. The van der Waals surface area contributed by atoms with E-state index >= 15 is 0 Å². The van der Waals surface area contributed by atoms with E-state index in [9.17, 15) is 9.59 Å². The van der Waals surface area contributed by atoms with Crippen molar-refractivity contribution >= 4 is 12.2 Å². The van der Waals surface area contributed by atoms with Crippen LogP contribution in [0.4, 0.5) is 9.59 Å². The van der Waals surface area contributed by atoms with Crippen molar-refractivity contribution in [1.82, 2.24) is 10.4 Å². The molecule has 2 rings (SSSR count). The van der Waals surface area contributed by atoms with E-state index in [0.29, 0.717) is 0 Å². The van der Waals surface area contributed by atoms with Gasteiger partial charge in [-0.3, -0.25) is 0 Å². The summed E-state index contributed by atoms with van der Waals surface area (Å²) in [4.78, 5) is 23.0. The van der Waals surface area contributed by atoms with Crippen LogP contribution in [0.15, 0.2) is 12.2 Å². The van der Waals surface area contributed by atoms with Crippen molar-refractivity contribution in [2.45, 2.75) is 31.7 Å². The van der Waals surface area contributed by atoms with E-state index in [1.807, 2.05) is 12.2 Å². The van der Waals surface area contributed by atoms with Gasteiger partial charge in [-0.2, -0.15) is 0 Å². The lowest BCUT2D eigenvalue weighted by atomic mass is 9.88. The van der Waals surface area contributed by atoms with Gasteiger partial charge in [0, 0.05) is 0 Å². The van der Waals surface area contributed by atoms with Crippen molar-refractivity contribution in [2.24, 2.45) is 0 Å². The predicted octanol–water partition coefficient (Wildman–Crippen LogP) is 1.58. The molecule has 0 radical (unpaired) electrons. The first-order valence-electron chi connectivity index (χ1n) is 5.76. The third-order valence-corrected chi connectivity index (χ3v) is 2.96. The number of allylic oxidation sites excluding steroid dienone is 1. The molecule has 94 valence electrons. The highest BCUT2D eigenvalue weighted by Gasteiger charge is 2.47. The van der Waals surface area contributed by atoms with E-state index in [1.54, 1.807) is 6.92 Å². The maximum atomic E-state index is 11.6. The zero-order valence-corrected chi connectivity index (χ0v) is 9.77. The molecule has 17 heavy (non-hydrogen) atoms. The molecule has 1 heterocycles. The van der Waals surface area contributed by atoms with Crippen LogP contribution in [0.3, 0.4) is 0 Å². The Morgan fingerprint density at radius 1 is 1.71 bits per heavy atom. The summed E-state index contributed by atoms with van der Waals surface area (Å²) in [5.74, 6) is 0. The zero-order chi connectivity index (χ0) is 12.3. The van der Waals surface area contributed by atoms with E-state index in [4.69, 9.17) is 9.47 Å². The molecular weight excluding hydrogens is 224 g/mol. The third-order valence-electron chi connectivity index (χ3n) is 2.96. The van der Waals surface area contributed by atoms with Gasteiger partial charge in [0.15, 0.2) is 0 Å². The fourth-order valence-corrected chi connectivity index (χ4v) is 2.13. The molecule has 0 bridgehead atoms. The smallest absolute Gasteiger partial charge is 0.429 e. The highest BCUT2D eigenvalue weighted by molar-refractivity contribution is 5.76. The van der Waals surface area contributed by atoms with E-state index in [0.717, 1.165) is 19.3 Å². The van der Waals surface area contributed by atoms with Crippen LogP contribution < -0.4 is 5.43 Å². The van der Waals surface area contributed by atoms with Crippen LogP contribution in [0.25, 0.3) is 0 Å². The van der Waals surface area contributed by atoms with Crippen molar-refractivity contribution < 1.29 is 19.1 Å². The van der Waals surface area contributed by atoms with Crippen molar-refractivity contribution in [2.75, 3.05) is 13.2 Å². The fourth-order valence-electron chi connectivity index (χ4n) is 2.13. The van der Waals surface area contributed by atoms with Crippen molar-refractivity contribution in [3.8, 4) is 0 Å². The maximum Gasteiger partial charge on any atom is 0.429 e. The number of hydrogen-bond donors (Lipinski definition) is 1. The summed E-state index contributed by atoms with van der Waals surface area (Å²) < 4.78 is 9.77. The molecule has 2 aliphatic rings. The van der Waals surface area contributed by atoms with Crippen molar-refractivity contribution in [1.29, 1.82) is 0 Å². The quantitative estimate of drug-likeness (QED) is 0.744. The summed E-state index contributed by atoms with van der Waals surface area (Å²) in [6, 6.07) is 0. The van der Waals surface area contributed by atoms with E-state index in [-0.39, 0.29) is 13.2 Å². The number of cyclic esters (lactones) is 1. The topological polar surface area (TPSA) is 67.9 Å². The Bertz CT molecular complexity index is 355. The largest absolute Gasteiger partial charge is 0.449 e. The minimum absolute atomic E-state index is 0.261. The predicted molar refractivity (Wildman–Crippen MR) is 59.1 cm³/mol. The van der Waals surface area contributed by atoms with Crippen LogP contribution >= 0.6 is 0 Å². The molecule has 6 nitrogen and oxygen atoms in total. The summed E-state index contributed by atoms with van der Waals surface area (Å²) in [5.41, 5.74) is 1.90. The number of ether oxygens (including phenoxy) is 2. The van der Waals surface area contributed by atoms with Crippen molar-refractivity contribution in [3.05, 3.63) is 12.2 Å². The Hall–Kier alpha value is -1.72. The van der Waals surface area contributed by atoms with Gasteiger partial charge in [-0.1, -0.05) is 12.2 Å². The van der Waals surface area contributed by atoms with Gasteiger partial charge in [0.05, 0.1) is 6.61 Å². The number of nitrogens with one attached hydrogen (secondary N) is 1. The molecule has 0 aromatic carbocycles. The molecule has 1 aliphatic heterocycles. The molecular formula is C11H16N2O4. The normalized spacial score (nSPS) is 27.1. The molecule has 1 saturated heterocycles. The van der Waals surface area contributed by atoms with Gasteiger partial charge in [-0.25, -0.2) is 20.0 Å². The molecule has 1 N–H and O–H groups in total. The molecule has 6 heteroatoms. The Kier molecular flexibility index (Phi) is 3.21. The SMILES string of the molecule is CCOC(=O)NN1C(=O)OCC12C=CCCC2. The molecule has 0 aromatic heterocycles. The average molecular weight is 240 g/mol. The summed E-state index contributed by atoms with van der Waals surface area (Å²) in [7, 11) is 0. The van der Waals surface area contributed by atoms with Gasteiger partial charge in [0.2, 0.25) is 0 Å². The van der Waals surface area contributed by atoms with Crippen LogP contribution in [0.1, 0.15) is 26.2 Å². The number of nitrogens with zero attached hydrogens (tertiary/aromatic N) is 1. The van der Waals surface area contributed by atoms with Gasteiger partial charge < -0.3 is 9.47 Å². The van der Waals surface area contributed by atoms with Gasteiger partial charge in [0.25, 0.3) is 0 Å². The van der Waals surface area contributed by atoms with Crippen LogP contribution in [-0.2, 0) is 9.47 Å². The first-order valence-corrected chi connectivity index (χ1v) is 5.76. The Balaban J connectivity index is 2.11. The van der Waals surface area contributed by atoms with Crippen LogP contribution in [-0.4, -0.2) is 35.9 Å². The second-order valence-electron chi connectivity index (χ2n) is 4.12. The van der Waals surface area contributed by atoms with Crippen LogP contribution in [0.5, 0.6) is 0 Å². The Labute approximate surface area is 99.5 Å². The standard InChI is InChI=1S/C11H16N2O4/c1-2-16-9(14)12-13-10(15)17-8-11(13)6-4-3-5-7-11/h4,6H,2-3,5,7-8H2,1H3,(H,12,14). The number of carbonyl (C=O) groups excluding carboxylic acids is 2. The second-order valence-corrected chi connectivity index (χ2v) is 4.12. The Morgan fingerprint density at radius 2 is 2.53 bits per heavy atom. The molecule has 0 saturated carbocycles. The second kappa shape index (κ2) is 4.65. The van der Waals surface area contributed by atoms with E-state index in [2.05, 4.69) is 5.43 Å². The molecule has 1 unspecified atom stereocenters. The molecule has 1 atom stereocenters. The number of carbonyl (C=O) groups is 2. The summed E-state index contributed by atoms with van der Waals surface area (Å²) in [5, 5.41) is 1.24. The summed E-state index contributed by atoms with van der Waals surface area (Å²) in [6.45, 7) is 2.24. The van der Waals surface area contributed by atoms with Gasteiger partial charge in [-0.05, 0) is 26.2 Å². The van der Waals surface area contributed by atoms with E-state index < -0.39 is 17.7 Å². The fraction of sp³-hybridized carbons (Fsp3) is 0.636. The van der Waals surface area contributed by atoms with Gasteiger partial charge in [-0.15, -0.1) is 0 Å². The minimum atomic E-state index is -0.635. The first kappa shape index (κ1) is 11.8. The number of rotatable bonds is 2. The summed E-state index contributed by atoms with van der Waals surface area (Å²) >= 11 is 0. The highest BCUT2D eigenvalue weighted by atomic mass is 16.6. The summed E-state index contributed by atoms with van der Waals surface area (Å²) in [6.07, 6.45) is 5.49. The van der Waals surface area contributed by atoms with Crippen molar-refractivity contribution in [3.63, 3.8) is 0 Å². The lowest BCUT2D eigenvalue weighted by molar-refractivity contribution is 0.0909. The zero-order valence-electron chi connectivity index (χ0n) is 9.77. The molecule has 0 aromatic rings.